The van der Waals surface area contributed by atoms with Gasteiger partial charge in [0.05, 0.1) is 18.3 Å². The van der Waals surface area contributed by atoms with Crippen LogP contribution in [-0.2, 0) is 14.3 Å². The van der Waals surface area contributed by atoms with Gasteiger partial charge in [-0.1, -0.05) is 13.8 Å². The number of carboxylic acid groups (broad SMARTS) is 2. The van der Waals surface area contributed by atoms with Crippen molar-refractivity contribution in [2.45, 2.75) is 65.6 Å². The van der Waals surface area contributed by atoms with Gasteiger partial charge < -0.3 is 39.5 Å². The van der Waals surface area contributed by atoms with Gasteiger partial charge >= 0.3 is 11.9 Å². The Morgan fingerprint density at radius 1 is 1.10 bits per heavy atom. The molecule has 1 aromatic carbocycles. The molecule has 0 radical (unpaired) electrons. The Kier molecular flexibility index (Phi) is 15.9. The summed E-state index contributed by atoms with van der Waals surface area (Å²) in [6.07, 6.45) is 3.84. The van der Waals surface area contributed by atoms with Crippen LogP contribution in [0, 0.1) is 17.2 Å². The molecule has 2 aliphatic rings. The lowest BCUT2D eigenvalue weighted by Crippen LogP contribution is -2.62. The number of aliphatic hydroxyl groups is 1. The summed E-state index contributed by atoms with van der Waals surface area (Å²) >= 11 is 0. The van der Waals surface area contributed by atoms with E-state index in [9.17, 15) is 23.9 Å². The number of likely N-dealkylation sites (N-methyl/N-ethyl adjacent to an activating group) is 1. The van der Waals surface area contributed by atoms with E-state index in [4.69, 9.17) is 19.7 Å². The minimum absolute atomic E-state index is 0.0546. The summed E-state index contributed by atoms with van der Waals surface area (Å²) in [6, 6.07) is 4.18. The molecule has 1 spiro atoms. The Morgan fingerprint density at radius 3 is 2.35 bits per heavy atom. The maximum Gasteiger partial charge on any atom is 0.328 e. The van der Waals surface area contributed by atoms with E-state index in [1.54, 1.807) is 12.0 Å². The molecule has 2 fully saturated rings. The lowest BCUT2D eigenvalue weighted by Gasteiger charge is -2.53. The van der Waals surface area contributed by atoms with Gasteiger partial charge in [0.2, 0.25) is 0 Å². The Morgan fingerprint density at radius 2 is 1.77 bits per heavy atom. The first-order chi connectivity index (χ1) is 24.6. The van der Waals surface area contributed by atoms with Crippen molar-refractivity contribution in [3.8, 4) is 11.6 Å². The third-order valence-corrected chi connectivity index (χ3v) is 9.31. The molecule has 288 valence electrons. The zero-order valence-electron chi connectivity index (χ0n) is 31.2. The predicted molar refractivity (Wildman–Crippen MR) is 192 cm³/mol. The molecule has 2 aliphatic heterocycles. The SMILES string of the molecule is CCN(C(=O)c1cc(F)ccc1Oc1nncnc1N1CCC2(C1)CN(C(CC(O)CN(C)CCOC)C(C)C)C2)C(C)C.O=C(O)/C=C/C(=O)O. The second-order valence-electron chi connectivity index (χ2n) is 14.1. The fraction of sp³-hybridized carbons (Fsp3) is 0.611. The molecule has 3 N–H and O–H groups in total. The highest BCUT2D eigenvalue weighted by atomic mass is 19.1. The number of nitrogens with zero attached hydrogens (tertiary/aromatic N) is 7. The van der Waals surface area contributed by atoms with Crippen LogP contribution in [0.5, 0.6) is 11.6 Å². The minimum Gasteiger partial charge on any atom is -0.478 e. The van der Waals surface area contributed by atoms with Gasteiger partial charge in [-0.3, -0.25) is 9.69 Å². The molecule has 2 aromatic rings. The summed E-state index contributed by atoms with van der Waals surface area (Å²) in [7, 11) is 3.70. The van der Waals surface area contributed by atoms with Crippen LogP contribution in [0.1, 0.15) is 57.8 Å². The number of likely N-dealkylation sites (tertiary alicyclic amines) is 1. The van der Waals surface area contributed by atoms with Gasteiger partial charge in [-0.05, 0) is 64.8 Å². The number of methoxy groups -OCH3 is 1. The van der Waals surface area contributed by atoms with E-state index < -0.39 is 23.9 Å². The fourth-order valence-corrected chi connectivity index (χ4v) is 6.76. The van der Waals surface area contributed by atoms with Crippen molar-refractivity contribution in [2.75, 3.05) is 71.5 Å². The Labute approximate surface area is 305 Å². The number of carboxylic acids is 2. The standard InChI is InChI=1S/C32H50FN7O4.C4H4O4/c1-8-40(23(4)5)31(42)26-15-24(33)9-10-28(26)44-30-29(34-21-35-36-30)38-12-11-32(18-38)19-39(20-32)27(22(2)3)16-25(41)17-37(6)13-14-43-7;5-3(6)1-2-4(7)8/h9-10,15,21-23,25,27,41H,8,11-14,16-20H2,1-7H3;1-2H,(H,5,6)(H,7,8)/b;2-1+. The molecule has 0 aliphatic carbocycles. The smallest absolute Gasteiger partial charge is 0.328 e. The van der Waals surface area contributed by atoms with E-state index in [0.717, 1.165) is 45.6 Å². The van der Waals surface area contributed by atoms with E-state index in [0.29, 0.717) is 49.6 Å². The quantitative estimate of drug-likeness (QED) is 0.202. The molecular formula is C36H54FN7O8. The largest absolute Gasteiger partial charge is 0.478 e. The van der Waals surface area contributed by atoms with E-state index in [1.807, 2.05) is 27.8 Å². The molecule has 1 amide bonds. The van der Waals surface area contributed by atoms with E-state index in [-0.39, 0.29) is 34.6 Å². The van der Waals surface area contributed by atoms with Gasteiger partial charge in [-0.15, -0.1) is 10.2 Å². The zero-order chi connectivity index (χ0) is 38.6. The van der Waals surface area contributed by atoms with Crippen LogP contribution in [0.4, 0.5) is 10.2 Å². The maximum atomic E-state index is 14.3. The first-order valence-corrected chi connectivity index (χ1v) is 17.5. The molecule has 16 heteroatoms. The zero-order valence-corrected chi connectivity index (χ0v) is 31.2. The van der Waals surface area contributed by atoms with Crippen LogP contribution < -0.4 is 9.64 Å². The number of rotatable bonds is 17. The topological polar surface area (TPSA) is 182 Å². The number of hydrogen-bond acceptors (Lipinski definition) is 12. The first kappa shape index (κ1) is 42.2. The highest BCUT2D eigenvalue weighted by Gasteiger charge is 2.50. The number of aromatic nitrogens is 3. The second-order valence-corrected chi connectivity index (χ2v) is 14.1. The first-order valence-electron chi connectivity index (χ1n) is 17.5. The number of carbonyl (C=O) groups excluding carboxylic acids is 1. The number of anilines is 1. The summed E-state index contributed by atoms with van der Waals surface area (Å²) in [5.41, 5.74) is 0.252. The summed E-state index contributed by atoms with van der Waals surface area (Å²) in [5.74, 6) is -1.95. The van der Waals surface area contributed by atoms with Gasteiger partial charge in [0.25, 0.3) is 11.8 Å². The van der Waals surface area contributed by atoms with Crippen LogP contribution in [0.3, 0.4) is 0 Å². The van der Waals surface area contributed by atoms with Crippen molar-refractivity contribution in [3.63, 3.8) is 0 Å². The molecule has 3 heterocycles. The summed E-state index contributed by atoms with van der Waals surface area (Å²) in [6.45, 7) is 16.2. The highest BCUT2D eigenvalue weighted by molar-refractivity contribution is 5.97. The highest BCUT2D eigenvalue weighted by Crippen LogP contribution is 2.44. The van der Waals surface area contributed by atoms with Crippen LogP contribution >= 0.6 is 0 Å². The van der Waals surface area contributed by atoms with Crippen LogP contribution in [0.15, 0.2) is 36.7 Å². The number of carbonyl (C=O) groups is 3. The number of amides is 1. The molecular weight excluding hydrogens is 677 g/mol. The Balaban J connectivity index is 0.000000815. The van der Waals surface area contributed by atoms with Gasteiger partial charge in [-0.2, -0.15) is 0 Å². The van der Waals surface area contributed by atoms with Crippen molar-refractivity contribution < 1.29 is 43.6 Å². The molecule has 52 heavy (non-hydrogen) atoms. The second kappa shape index (κ2) is 19.5. The molecule has 1 aromatic heterocycles. The van der Waals surface area contributed by atoms with Gasteiger partial charge in [-0.25, -0.2) is 19.0 Å². The lowest BCUT2D eigenvalue weighted by atomic mass is 9.76. The summed E-state index contributed by atoms with van der Waals surface area (Å²) < 4.78 is 25.6. The third kappa shape index (κ3) is 11.9. The Bertz CT molecular complexity index is 1510. The number of aliphatic carboxylic acids is 2. The van der Waals surface area contributed by atoms with Crippen molar-refractivity contribution in [2.24, 2.45) is 11.3 Å². The van der Waals surface area contributed by atoms with Crippen LogP contribution in [0.25, 0.3) is 0 Å². The molecule has 2 atom stereocenters. The van der Waals surface area contributed by atoms with E-state index in [1.165, 1.54) is 24.5 Å². The van der Waals surface area contributed by atoms with Crippen LogP contribution in [0.2, 0.25) is 0 Å². The Hall–Kier alpha value is -4.25. The summed E-state index contributed by atoms with van der Waals surface area (Å²) in [5, 5.41) is 34.7. The van der Waals surface area contributed by atoms with E-state index in [2.05, 4.69) is 43.7 Å². The van der Waals surface area contributed by atoms with Crippen molar-refractivity contribution in [1.82, 2.24) is 29.9 Å². The number of ether oxygens (including phenoxy) is 2. The number of hydrogen-bond donors (Lipinski definition) is 3. The molecule has 0 saturated carbocycles. The maximum absolute atomic E-state index is 14.3. The van der Waals surface area contributed by atoms with Gasteiger partial charge in [0.15, 0.2) is 5.82 Å². The van der Waals surface area contributed by atoms with Crippen molar-refractivity contribution in [1.29, 1.82) is 0 Å². The van der Waals surface area contributed by atoms with Gasteiger partial charge in [0.1, 0.15) is 17.9 Å². The van der Waals surface area contributed by atoms with Gasteiger partial charge in [0, 0.05) is 82.6 Å². The molecule has 0 bridgehead atoms. The van der Waals surface area contributed by atoms with E-state index >= 15 is 0 Å². The number of aliphatic hydroxyl groups excluding tert-OH is 1. The third-order valence-electron chi connectivity index (χ3n) is 9.31. The number of halogens is 1. The summed E-state index contributed by atoms with van der Waals surface area (Å²) in [4.78, 5) is 45.4. The molecule has 4 rings (SSSR count). The lowest BCUT2D eigenvalue weighted by molar-refractivity contribution is -0.134. The fourth-order valence-electron chi connectivity index (χ4n) is 6.76. The predicted octanol–water partition coefficient (Wildman–Crippen LogP) is 3.25. The molecule has 2 saturated heterocycles. The minimum atomic E-state index is -1.26. The average molecular weight is 732 g/mol. The van der Waals surface area contributed by atoms with Crippen molar-refractivity contribution >= 4 is 23.7 Å². The average Bonchev–Trinajstić information content (AvgIpc) is 3.52. The number of benzene rings is 1. The van der Waals surface area contributed by atoms with Crippen LogP contribution in [-0.4, -0.2) is 148 Å². The molecule has 15 nitrogen and oxygen atoms in total. The molecule has 2 unspecified atom stereocenters. The normalized spacial score (nSPS) is 16.6. The van der Waals surface area contributed by atoms with Crippen molar-refractivity contribution in [3.05, 3.63) is 48.1 Å². The monoisotopic (exact) mass is 731 g/mol.